The molecule has 2 aromatic carbocycles. The van der Waals surface area contributed by atoms with Crippen LogP contribution in [0.25, 0.3) is 11.3 Å². The van der Waals surface area contributed by atoms with Crippen molar-refractivity contribution < 1.29 is 14.3 Å². The number of likely N-dealkylation sites (tertiary alicyclic amines) is 1. The number of benzene rings is 2. The summed E-state index contributed by atoms with van der Waals surface area (Å²) in [5, 5.41) is 8.46. The van der Waals surface area contributed by atoms with Crippen LogP contribution >= 0.6 is 0 Å². The van der Waals surface area contributed by atoms with Gasteiger partial charge in [0.2, 0.25) is 6.10 Å². The van der Waals surface area contributed by atoms with E-state index in [1.54, 1.807) is 4.90 Å². The van der Waals surface area contributed by atoms with Gasteiger partial charge in [-0.1, -0.05) is 47.7 Å². The van der Waals surface area contributed by atoms with Gasteiger partial charge in [0.15, 0.2) is 11.5 Å². The van der Waals surface area contributed by atoms with Gasteiger partial charge in [0, 0.05) is 18.7 Å². The lowest BCUT2D eigenvalue weighted by Crippen LogP contribution is -2.56. The molecule has 2 aliphatic heterocycles. The first kappa shape index (κ1) is 15.9. The van der Waals surface area contributed by atoms with Crippen molar-refractivity contribution in [3.63, 3.8) is 0 Å². The predicted octanol–water partition coefficient (Wildman–Crippen LogP) is 2.17. The Balaban J connectivity index is 1.21. The van der Waals surface area contributed by atoms with E-state index in [2.05, 4.69) is 10.3 Å². The van der Waals surface area contributed by atoms with E-state index in [1.165, 1.54) is 0 Å². The van der Waals surface area contributed by atoms with Crippen molar-refractivity contribution in [3.8, 4) is 22.8 Å². The summed E-state index contributed by atoms with van der Waals surface area (Å²) >= 11 is 0. The number of hydrogen-bond donors (Lipinski definition) is 0. The average Bonchev–Trinajstić information content (AvgIpc) is 3.17. The molecular weight excluding hydrogens is 344 g/mol. The van der Waals surface area contributed by atoms with Crippen LogP contribution in [0.3, 0.4) is 0 Å². The van der Waals surface area contributed by atoms with Crippen LogP contribution in [0.15, 0.2) is 60.8 Å². The van der Waals surface area contributed by atoms with E-state index in [9.17, 15) is 4.79 Å². The summed E-state index contributed by atoms with van der Waals surface area (Å²) in [4.78, 5) is 14.4. The number of para-hydroxylation sites is 2. The normalized spacial score (nSPS) is 18.8. The van der Waals surface area contributed by atoms with Crippen LogP contribution in [0.5, 0.6) is 11.5 Å². The summed E-state index contributed by atoms with van der Waals surface area (Å²) in [7, 11) is 0. The number of hydrogen-bond acceptors (Lipinski definition) is 5. The first-order valence-corrected chi connectivity index (χ1v) is 8.92. The van der Waals surface area contributed by atoms with Gasteiger partial charge in [-0.05, 0) is 12.1 Å². The van der Waals surface area contributed by atoms with Crippen molar-refractivity contribution in [3.05, 3.63) is 60.8 Å². The first-order valence-electron chi connectivity index (χ1n) is 8.92. The monoisotopic (exact) mass is 362 g/mol. The zero-order chi connectivity index (χ0) is 18.2. The van der Waals surface area contributed by atoms with Crippen molar-refractivity contribution in [2.45, 2.75) is 12.1 Å². The molecule has 1 aromatic heterocycles. The molecule has 136 valence electrons. The quantitative estimate of drug-likeness (QED) is 0.714. The Bertz CT molecular complexity index is 966. The maximum absolute atomic E-state index is 12.7. The summed E-state index contributed by atoms with van der Waals surface area (Å²) in [6, 6.07) is 17.5. The number of rotatable bonds is 3. The third-order valence-corrected chi connectivity index (χ3v) is 4.91. The van der Waals surface area contributed by atoms with Gasteiger partial charge in [-0.2, -0.15) is 0 Å². The van der Waals surface area contributed by atoms with Gasteiger partial charge in [0.05, 0.1) is 12.2 Å². The van der Waals surface area contributed by atoms with Crippen molar-refractivity contribution in [2.24, 2.45) is 0 Å². The third-order valence-electron chi connectivity index (χ3n) is 4.91. The minimum Gasteiger partial charge on any atom is -0.485 e. The molecule has 5 rings (SSSR count). The van der Waals surface area contributed by atoms with Crippen LogP contribution in [0.4, 0.5) is 0 Å². The van der Waals surface area contributed by atoms with E-state index in [0.717, 1.165) is 11.3 Å². The molecule has 1 saturated heterocycles. The highest BCUT2D eigenvalue weighted by atomic mass is 16.6. The van der Waals surface area contributed by atoms with Gasteiger partial charge >= 0.3 is 0 Å². The molecule has 0 spiro atoms. The molecule has 1 fully saturated rings. The molecule has 1 amide bonds. The maximum atomic E-state index is 12.7. The van der Waals surface area contributed by atoms with E-state index in [4.69, 9.17) is 9.47 Å². The molecular formula is C20H18N4O3. The minimum atomic E-state index is -0.600. The smallest absolute Gasteiger partial charge is 0.267 e. The maximum Gasteiger partial charge on any atom is 0.267 e. The highest BCUT2D eigenvalue weighted by molar-refractivity contribution is 5.82. The molecule has 0 N–H and O–H groups in total. The summed E-state index contributed by atoms with van der Waals surface area (Å²) in [6.07, 6.45) is 1.33. The van der Waals surface area contributed by atoms with Crippen molar-refractivity contribution in [2.75, 3.05) is 19.7 Å². The molecule has 7 nitrogen and oxygen atoms in total. The van der Waals surface area contributed by atoms with Gasteiger partial charge in [0.1, 0.15) is 12.3 Å². The van der Waals surface area contributed by atoms with Gasteiger partial charge in [-0.3, -0.25) is 4.79 Å². The van der Waals surface area contributed by atoms with Crippen molar-refractivity contribution in [1.82, 2.24) is 19.9 Å². The molecule has 3 heterocycles. The molecule has 7 heteroatoms. The number of nitrogens with zero attached hydrogens (tertiary/aromatic N) is 4. The lowest BCUT2D eigenvalue weighted by Gasteiger charge is -2.41. The Morgan fingerprint density at radius 1 is 1.00 bits per heavy atom. The topological polar surface area (TPSA) is 69.5 Å². The average molecular weight is 362 g/mol. The van der Waals surface area contributed by atoms with Gasteiger partial charge in [-0.15, -0.1) is 5.10 Å². The zero-order valence-corrected chi connectivity index (χ0v) is 14.6. The van der Waals surface area contributed by atoms with Crippen LogP contribution in [0, 0.1) is 0 Å². The highest BCUT2D eigenvalue weighted by Gasteiger charge is 2.38. The Hall–Kier alpha value is -3.35. The van der Waals surface area contributed by atoms with Crippen LogP contribution < -0.4 is 9.47 Å². The second-order valence-electron chi connectivity index (χ2n) is 6.71. The third kappa shape index (κ3) is 2.91. The van der Waals surface area contributed by atoms with E-state index >= 15 is 0 Å². The molecule has 0 bridgehead atoms. The zero-order valence-electron chi connectivity index (χ0n) is 14.6. The number of carbonyl (C=O) groups is 1. The fourth-order valence-corrected chi connectivity index (χ4v) is 3.34. The van der Waals surface area contributed by atoms with E-state index in [-0.39, 0.29) is 18.6 Å². The Morgan fingerprint density at radius 2 is 1.74 bits per heavy atom. The first-order chi connectivity index (χ1) is 13.3. The fraction of sp³-hybridized carbons (Fsp3) is 0.250. The van der Waals surface area contributed by atoms with E-state index in [0.29, 0.717) is 24.6 Å². The molecule has 3 aromatic rings. The molecule has 0 aliphatic carbocycles. The van der Waals surface area contributed by atoms with E-state index in [1.807, 2.05) is 65.5 Å². The Kier molecular flexibility index (Phi) is 3.78. The molecule has 0 unspecified atom stereocenters. The summed E-state index contributed by atoms with van der Waals surface area (Å²) in [5.41, 5.74) is 1.86. The van der Waals surface area contributed by atoms with Gasteiger partial charge in [0.25, 0.3) is 5.91 Å². The second-order valence-corrected chi connectivity index (χ2v) is 6.71. The highest BCUT2D eigenvalue weighted by Crippen LogP contribution is 2.32. The van der Waals surface area contributed by atoms with Crippen LogP contribution in [0.1, 0.15) is 6.04 Å². The standard InChI is InChI=1S/C20H18N4O3/c25-20(19-13-26-17-8-4-5-9-18(17)27-19)23-10-15(11-23)24-12-16(21-22-24)14-6-2-1-3-7-14/h1-9,12,15,19H,10-11,13H2/t19-/m1/s1. The second kappa shape index (κ2) is 6.42. The number of ether oxygens (including phenoxy) is 2. The molecule has 0 radical (unpaired) electrons. The lowest BCUT2D eigenvalue weighted by atomic mass is 10.1. The van der Waals surface area contributed by atoms with Crippen molar-refractivity contribution in [1.29, 1.82) is 0 Å². The molecule has 2 aliphatic rings. The lowest BCUT2D eigenvalue weighted by molar-refractivity contribution is -0.147. The van der Waals surface area contributed by atoms with Crippen LogP contribution in [-0.4, -0.2) is 51.6 Å². The largest absolute Gasteiger partial charge is 0.485 e. The van der Waals surface area contributed by atoms with E-state index < -0.39 is 6.10 Å². The fourth-order valence-electron chi connectivity index (χ4n) is 3.34. The Morgan fingerprint density at radius 3 is 2.56 bits per heavy atom. The Labute approximate surface area is 156 Å². The van der Waals surface area contributed by atoms with Gasteiger partial charge < -0.3 is 14.4 Å². The van der Waals surface area contributed by atoms with Gasteiger partial charge in [-0.25, -0.2) is 4.68 Å². The summed E-state index contributed by atoms with van der Waals surface area (Å²) in [5.74, 6) is 1.24. The predicted molar refractivity (Wildman–Crippen MR) is 97.4 cm³/mol. The molecule has 27 heavy (non-hydrogen) atoms. The summed E-state index contributed by atoms with van der Waals surface area (Å²) < 4.78 is 13.3. The van der Waals surface area contributed by atoms with Crippen molar-refractivity contribution >= 4 is 5.91 Å². The number of carbonyl (C=O) groups excluding carboxylic acids is 1. The summed E-state index contributed by atoms with van der Waals surface area (Å²) in [6.45, 7) is 1.42. The number of amides is 1. The van der Waals surface area contributed by atoms with Crippen LogP contribution in [0.2, 0.25) is 0 Å². The van der Waals surface area contributed by atoms with Crippen LogP contribution in [-0.2, 0) is 4.79 Å². The molecule has 0 saturated carbocycles. The SMILES string of the molecule is O=C([C@H]1COc2ccccc2O1)N1CC(n2cc(-c3ccccc3)nn2)C1. The molecule has 1 atom stereocenters. The number of aromatic nitrogens is 3. The minimum absolute atomic E-state index is 0.0517. The number of fused-ring (bicyclic) bond motifs is 1.